The van der Waals surface area contributed by atoms with Crippen molar-refractivity contribution in [2.45, 2.75) is 20.4 Å². The number of para-hydroxylation sites is 1. The van der Waals surface area contributed by atoms with Crippen LogP contribution < -0.4 is 5.63 Å². The first-order chi connectivity index (χ1) is 15.0. The lowest BCUT2D eigenvalue weighted by Crippen LogP contribution is -2.49. The molecule has 0 saturated carbocycles. The molecule has 4 aromatic rings. The zero-order chi connectivity index (χ0) is 21.5. The Bertz CT molecular complexity index is 1350. The van der Waals surface area contributed by atoms with Gasteiger partial charge in [-0.1, -0.05) is 18.2 Å². The second kappa shape index (κ2) is 7.67. The first kappa shape index (κ1) is 19.5. The predicted molar refractivity (Wildman–Crippen MR) is 118 cm³/mol. The summed E-state index contributed by atoms with van der Waals surface area (Å²) in [6.45, 7) is 7.50. The molecule has 5 rings (SSSR count). The van der Waals surface area contributed by atoms with Crippen LogP contribution in [0.25, 0.3) is 16.6 Å². The molecule has 3 aromatic heterocycles. The molecule has 0 bridgehead atoms. The highest BCUT2D eigenvalue weighted by Crippen LogP contribution is 2.18. The first-order valence-corrected chi connectivity index (χ1v) is 10.5. The molecule has 7 nitrogen and oxygen atoms in total. The summed E-state index contributed by atoms with van der Waals surface area (Å²) in [6, 6.07) is 13.0. The number of amides is 1. The first-order valence-electron chi connectivity index (χ1n) is 10.5. The van der Waals surface area contributed by atoms with Crippen molar-refractivity contribution in [1.82, 2.24) is 19.2 Å². The lowest BCUT2D eigenvalue weighted by Gasteiger charge is -2.34. The monoisotopic (exact) mass is 416 g/mol. The maximum Gasteiger partial charge on any atom is 0.349 e. The van der Waals surface area contributed by atoms with E-state index in [1.165, 1.54) is 11.3 Å². The van der Waals surface area contributed by atoms with Crippen molar-refractivity contribution in [1.29, 1.82) is 0 Å². The number of nitrogens with zero attached hydrogens (tertiary/aromatic N) is 4. The van der Waals surface area contributed by atoms with E-state index < -0.39 is 5.63 Å². The summed E-state index contributed by atoms with van der Waals surface area (Å²) < 4.78 is 7.47. The highest BCUT2D eigenvalue weighted by atomic mass is 16.4. The van der Waals surface area contributed by atoms with Gasteiger partial charge in [-0.05, 0) is 43.7 Å². The number of carbonyl (C=O) groups excluding carboxylic acids is 1. The Balaban J connectivity index is 1.30. The zero-order valence-electron chi connectivity index (χ0n) is 17.7. The molecule has 7 heteroatoms. The molecule has 0 atom stereocenters. The smallest absolute Gasteiger partial charge is 0.349 e. The second-order valence-electron chi connectivity index (χ2n) is 8.13. The van der Waals surface area contributed by atoms with Crippen LogP contribution in [0.2, 0.25) is 0 Å². The van der Waals surface area contributed by atoms with Crippen LogP contribution in [-0.2, 0) is 6.54 Å². The molecule has 0 N–H and O–H groups in total. The van der Waals surface area contributed by atoms with Crippen LogP contribution in [0.15, 0.2) is 57.9 Å². The van der Waals surface area contributed by atoms with Crippen LogP contribution in [-0.4, -0.2) is 51.3 Å². The SMILES string of the molecule is Cc1ccn2c(CN3CCN(C(=O)c4cc5ccccc5oc4=O)CC3)c(C)nc2c1. The lowest BCUT2D eigenvalue weighted by atomic mass is 10.1. The highest BCUT2D eigenvalue weighted by Gasteiger charge is 2.25. The van der Waals surface area contributed by atoms with E-state index in [1.54, 1.807) is 23.1 Å². The van der Waals surface area contributed by atoms with E-state index in [4.69, 9.17) is 4.42 Å². The number of hydrogen-bond acceptors (Lipinski definition) is 5. The van der Waals surface area contributed by atoms with Gasteiger partial charge < -0.3 is 13.7 Å². The molecule has 1 saturated heterocycles. The molecule has 1 fully saturated rings. The van der Waals surface area contributed by atoms with Crippen LogP contribution in [0.1, 0.15) is 27.3 Å². The fourth-order valence-corrected chi connectivity index (χ4v) is 4.21. The average Bonchev–Trinajstić information content (AvgIpc) is 3.07. The van der Waals surface area contributed by atoms with Crippen molar-refractivity contribution in [3.63, 3.8) is 0 Å². The number of benzene rings is 1. The normalized spacial score (nSPS) is 15.1. The molecular weight excluding hydrogens is 392 g/mol. The summed E-state index contributed by atoms with van der Waals surface area (Å²) in [5.41, 5.74) is 4.36. The van der Waals surface area contributed by atoms with Crippen LogP contribution in [0.5, 0.6) is 0 Å². The molecule has 0 unspecified atom stereocenters. The van der Waals surface area contributed by atoms with Gasteiger partial charge >= 0.3 is 5.63 Å². The lowest BCUT2D eigenvalue weighted by molar-refractivity contribution is 0.0622. The summed E-state index contributed by atoms with van der Waals surface area (Å²) in [7, 11) is 0. The van der Waals surface area contributed by atoms with Gasteiger partial charge in [-0.3, -0.25) is 9.69 Å². The van der Waals surface area contributed by atoms with E-state index in [0.717, 1.165) is 36.4 Å². The van der Waals surface area contributed by atoms with Gasteiger partial charge in [0.1, 0.15) is 16.8 Å². The summed E-state index contributed by atoms with van der Waals surface area (Å²) >= 11 is 0. The fourth-order valence-electron chi connectivity index (χ4n) is 4.21. The quantitative estimate of drug-likeness (QED) is 0.480. The number of piperazine rings is 1. The maximum absolute atomic E-state index is 13.0. The number of imidazole rings is 1. The Morgan fingerprint density at radius 3 is 2.65 bits per heavy atom. The van der Waals surface area contributed by atoms with E-state index in [2.05, 4.69) is 39.5 Å². The minimum atomic E-state index is -0.581. The maximum atomic E-state index is 13.0. The molecule has 0 spiro atoms. The number of aromatic nitrogens is 2. The molecule has 1 aliphatic rings. The Labute approximate surface area is 179 Å². The van der Waals surface area contributed by atoms with Gasteiger partial charge in [0.15, 0.2) is 0 Å². The minimum Gasteiger partial charge on any atom is -0.422 e. The Morgan fingerprint density at radius 2 is 1.84 bits per heavy atom. The van der Waals surface area contributed by atoms with Crippen molar-refractivity contribution in [2.75, 3.05) is 26.2 Å². The minimum absolute atomic E-state index is 0.0974. The van der Waals surface area contributed by atoms with Crippen LogP contribution in [0, 0.1) is 13.8 Å². The number of hydrogen-bond donors (Lipinski definition) is 0. The van der Waals surface area contributed by atoms with E-state index in [0.29, 0.717) is 18.7 Å². The number of fused-ring (bicyclic) bond motifs is 2. The van der Waals surface area contributed by atoms with Crippen LogP contribution >= 0.6 is 0 Å². The topological polar surface area (TPSA) is 71.1 Å². The van der Waals surface area contributed by atoms with Gasteiger partial charge in [0.25, 0.3) is 5.91 Å². The standard InChI is InChI=1S/C24H24N4O3/c1-16-7-8-28-20(17(2)25-22(28)13-16)15-26-9-11-27(12-10-26)23(29)19-14-18-5-3-4-6-21(18)31-24(19)30/h3-8,13-14H,9-12,15H2,1-2H3. The van der Waals surface area contributed by atoms with Gasteiger partial charge in [0.05, 0.1) is 11.4 Å². The van der Waals surface area contributed by atoms with Crippen molar-refractivity contribution in [2.24, 2.45) is 0 Å². The molecule has 4 heterocycles. The summed E-state index contributed by atoms with van der Waals surface area (Å²) in [5, 5.41) is 0.752. The molecule has 0 aliphatic carbocycles. The second-order valence-corrected chi connectivity index (χ2v) is 8.13. The molecule has 1 aromatic carbocycles. The Hall–Kier alpha value is -3.45. The number of carbonyl (C=O) groups is 1. The largest absolute Gasteiger partial charge is 0.422 e. The van der Waals surface area contributed by atoms with Gasteiger partial charge in [-0.2, -0.15) is 0 Å². The number of rotatable bonds is 3. The van der Waals surface area contributed by atoms with Crippen molar-refractivity contribution >= 4 is 22.5 Å². The predicted octanol–water partition coefficient (Wildman–Crippen LogP) is 3.02. The zero-order valence-corrected chi connectivity index (χ0v) is 17.7. The molecule has 31 heavy (non-hydrogen) atoms. The summed E-state index contributed by atoms with van der Waals surface area (Å²) in [5.74, 6) is -0.263. The molecular formula is C24H24N4O3. The highest BCUT2D eigenvalue weighted by molar-refractivity contribution is 5.96. The van der Waals surface area contributed by atoms with Crippen LogP contribution in [0.3, 0.4) is 0 Å². The van der Waals surface area contributed by atoms with Gasteiger partial charge in [0.2, 0.25) is 0 Å². The molecule has 158 valence electrons. The fraction of sp³-hybridized carbons (Fsp3) is 0.292. The molecule has 0 radical (unpaired) electrons. The van der Waals surface area contributed by atoms with Crippen molar-refractivity contribution in [3.8, 4) is 0 Å². The summed E-state index contributed by atoms with van der Waals surface area (Å²) in [6.07, 6.45) is 2.07. The van der Waals surface area contributed by atoms with Gasteiger partial charge in [-0.25, -0.2) is 9.78 Å². The third kappa shape index (κ3) is 3.61. The summed E-state index contributed by atoms with van der Waals surface area (Å²) in [4.78, 5) is 34.1. The van der Waals surface area contributed by atoms with E-state index in [9.17, 15) is 9.59 Å². The number of pyridine rings is 1. The Morgan fingerprint density at radius 1 is 1.06 bits per heavy atom. The van der Waals surface area contributed by atoms with E-state index >= 15 is 0 Å². The molecule has 1 amide bonds. The van der Waals surface area contributed by atoms with Gasteiger partial charge in [0, 0.05) is 44.3 Å². The van der Waals surface area contributed by atoms with Crippen molar-refractivity contribution < 1.29 is 9.21 Å². The van der Waals surface area contributed by atoms with E-state index in [1.807, 2.05) is 19.1 Å². The number of aryl methyl sites for hydroxylation is 2. The third-order valence-corrected chi connectivity index (χ3v) is 5.99. The van der Waals surface area contributed by atoms with E-state index in [-0.39, 0.29) is 11.5 Å². The van der Waals surface area contributed by atoms with Gasteiger partial charge in [-0.15, -0.1) is 0 Å². The molecule has 1 aliphatic heterocycles. The van der Waals surface area contributed by atoms with Crippen LogP contribution in [0.4, 0.5) is 0 Å². The Kier molecular flexibility index (Phi) is 4.82. The van der Waals surface area contributed by atoms with Crippen molar-refractivity contribution in [3.05, 3.63) is 81.6 Å². The average molecular weight is 416 g/mol. The third-order valence-electron chi connectivity index (χ3n) is 5.99.